The van der Waals surface area contributed by atoms with Gasteiger partial charge in [0.2, 0.25) is 0 Å². The Morgan fingerprint density at radius 1 is 1.20 bits per heavy atom. The molecule has 0 atom stereocenters. The van der Waals surface area contributed by atoms with Gasteiger partial charge in [-0.25, -0.2) is 0 Å². The molecule has 2 aromatic rings. The van der Waals surface area contributed by atoms with Crippen LogP contribution in [0.2, 0.25) is 0 Å². The fourth-order valence-corrected chi connectivity index (χ4v) is 3.38. The van der Waals surface area contributed by atoms with Crippen LogP contribution < -0.4 is 14.8 Å². The van der Waals surface area contributed by atoms with E-state index in [9.17, 15) is 9.59 Å². The molecule has 1 heterocycles. The van der Waals surface area contributed by atoms with E-state index in [4.69, 9.17) is 0 Å². The summed E-state index contributed by atoms with van der Waals surface area (Å²) in [5.74, 6) is -0.0356. The second-order valence-corrected chi connectivity index (χ2v) is 5.63. The normalized spacial score (nSPS) is 16.4. The summed E-state index contributed by atoms with van der Waals surface area (Å²) >= 11 is 1.28. The minimum atomic E-state index is -0.111. The van der Waals surface area contributed by atoms with Gasteiger partial charge in [-0.15, -0.1) is 11.3 Å². The molecule has 100 valence electrons. The van der Waals surface area contributed by atoms with E-state index in [0.29, 0.717) is 26.9 Å². The number of carbonyl (C=O) groups excluding carboxylic acids is 1. The maximum atomic E-state index is 12.6. The summed E-state index contributed by atoms with van der Waals surface area (Å²) in [5.41, 5.74) is 2.06. The molecule has 4 heteroatoms. The van der Waals surface area contributed by atoms with Gasteiger partial charge in [0.05, 0.1) is 10.1 Å². The Kier molecular flexibility index (Phi) is 3.03. The summed E-state index contributed by atoms with van der Waals surface area (Å²) in [4.78, 5) is 24.6. The maximum Gasteiger partial charge on any atom is 0.268 e. The van der Waals surface area contributed by atoms with E-state index >= 15 is 0 Å². The highest BCUT2D eigenvalue weighted by Gasteiger charge is 2.20. The van der Waals surface area contributed by atoms with Gasteiger partial charge in [-0.05, 0) is 18.6 Å². The first-order valence-electron chi connectivity index (χ1n) is 6.38. The van der Waals surface area contributed by atoms with Crippen molar-refractivity contribution in [2.45, 2.75) is 13.5 Å². The Bertz CT molecular complexity index is 899. The van der Waals surface area contributed by atoms with Crippen molar-refractivity contribution < 1.29 is 4.79 Å². The number of thiazole rings is 1. The van der Waals surface area contributed by atoms with Gasteiger partial charge in [-0.1, -0.05) is 36.9 Å². The van der Waals surface area contributed by atoms with Gasteiger partial charge in [0.25, 0.3) is 5.56 Å². The van der Waals surface area contributed by atoms with E-state index in [2.05, 4.69) is 6.58 Å². The first kappa shape index (κ1) is 12.8. The number of fused-ring (bicyclic) bond motifs is 1. The van der Waals surface area contributed by atoms with E-state index in [1.54, 1.807) is 10.6 Å². The summed E-state index contributed by atoms with van der Waals surface area (Å²) in [6, 6.07) is 7.48. The number of benzene rings is 1. The van der Waals surface area contributed by atoms with Crippen molar-refractivity contribution in [3.63, 3.8) is 0 Å². The number of rotatable bonds is 1. The van der Waals surface area contributed by atoms with Crippen molar-refractivity contribution in [1.82, 2.24) is 4.57 Å². The molecule has 3 nitrogen and oxygen atoms in total. The number of allylic oxidation sites excluding steroid dienone is 1. The number of aromatic nitrogens is 1. The Morgan fingerprint density at radius 2 is 1.95 bits per heavy atom. The number of hydrogen-bond donors (Lipinski definition) is 0. The van der Waals surface area contributed by atoms with Crippen molar-refractivity contribution in [3.05, 3.63) is 61.0 Å². The van der Waals surface area contributed by atoms with Crippen LogP contribution in [0.25, 0.3) is 18.2 Å². The molecule has 20 heavy (non-hydrogen) atoms. The zero-order valence-electron chi connectivity index (χ0n) is 11.1. The maximum absolute atomic E-state index is 12.6. The average Bonchev–Trinajstić information content (AvgIpc) is 2.75. The number of hydrogen-bond acceptors (Lipinski definition) is 3. The molecule has 0 radical (unpaired) electrons. The van der Waals surface area contributed by atoms with Crippen molar-refractivity contribution in [1.29, 1.82) is 0 Å². The number of carbonyl (C=O) groups is 1. The van der Waals surface area contributed by atoms with Gasteiger partial charge in [-0.2, -0.15) is 0 Å². The molecule has 1 aliphatic carbocycles. The quantitative estimate of drug-likeness (QED) is 0.793. The average molecular weight is 283 g/mol. The predicted molar refractivity (Wildman–Crippen MR) is 82.2 cm³/mol. The Hall–Kier alpha value is -2.20. The van der Waals surface area contributed by atoms with Crippen molar-refractivity contribution in [2.75, 3.05) is 0 Å². The van der Waals surface area contributed by atoms with E-state index in [1.165, 1.54) is 11.3 Å². The third-order valence-corrected chi connectivity index (χ3v) is 4.43. The van der Waals surface area contributed by atoms with Crippen LogP contribution in [-0.2, 0) is 6.54 Å². The van der Waals surface area contributed by atoms with Crippen LogP contribution >= 0.6 is 11.3 Å². The molecule has 1 aliphatic rings. The first-order valence-corrected chi connectivity index (χ1v) is 7.20. The summed E-state index contributed by atoms with van der Waals surface area (Å²) in [6.07, 6.45) is 3.71. The van der Waals surface area contributed by atoms with Gasteiger partial charge in [-0.3, -0.25) is 14.2 Å². The second kappa shape index (κ2) is 4.72. The molecule has 0 unspecified atom stereocenters. The highest BCUT2D eigenvalue weighted by Crippen LogP contribution is 2.22. The fraction of sp³-hybridized carbons (Fsp3) is 0.125. The van der Waals surface area contributed by atoms with Crippen molar-refractivity contribution in [2.24, 2.45) is 0 Å². The van der Waals surface area contributed by atoms with Gasteiger partial charge in [0, 0.05) is 12.1 Å². The van der Waals surface area contributed by atoms with Gasteiger partial charge < -0.3 is 0 Å². The zero-order valence-corrected chi connectivity index (χ0v) is 11.9. The number of nitrogens with zero attached hydrogens (tertiary/aromatic N) is 1. The van der Waals surface area contributed by atoms with Crippen LogP contribution in [0.1, 0.15) is 22.8 Å². The van der Waals surface area contributed by atoms with Crippen LogP contribution in [0.15, 0.2) is 35.1 Å². The molecule has 3 rings (SSSR count). The van der Waals surface area contributed by atoms with Crippen LogP contribution in [-0.4, -0.2) is 10.4 Å². The third-order valence-electron chi connectivity index (χ3n) is 3.37. The minimum absolute atomic E-state index is 0.0356. The lowest BCUT2D eigenvalue weighted by Crippen LogP contribution is -2.31. The molecule has 0 spiro atoms. The Labute approximate surface area is 119 Å². The summed E-state index contributed by atoms with van der Waals surface area (Å²) in [6.45, 7) is 6.18. The van der Waals surface area contributed by atoms with Crippen LogP contribution in [0.3, 0.4) is 0 Å². The molecule has 0 amide bonds. The zero-order chi connectivity index (χ0) is 14.3. The first-order chi connectivity index (χ1) is 9.63. The third kappa shape index (κ3) is 1.80. The summed E-state index contributed by atoms with van der Waals surface area (Å²) in [5, 5.41) is 0. The van der Waals surface area contributed by atoms with Crippen LogP contribution in [0.5, 0.6) is 0 Å². The fourth-order valence-electron chi connectivity index (χ4n) is 2.36. The lowest BCUT2D eigenvalue weighted by Gasteiger charge is -2.11. The number of ketones is 1. The molecular formula is C16H13NO2S. The number of Topliss-reactive ketones (excluding diaryl/α,β-unsaturated/α-hetero) is 1. The van der Waals surface area contributed by atoms with E-state index in [0.717, 1.165) is 5.56 Å². The van der Waals surface area contributed by atoms with Crippen LogP contribution in [0, 0.1) is 0 Å². The highest BCUT2D eigenvalue weighted by atomic mass is 32.1. The molecule has 0 saturated heterocycles. The van der Waals surface area contributed by atoms with Crippen molar-refractivity contribution >= 4 is 35.3 Å². The summed E-state index contributed by atoms with van der Waals surface area (Å²) < 4.78 is 2.77. The second-order valence-electron chi connectivity index (χ2n) is 4.54. The highest BCUT2D eigenvalue weighted by molar-refractivity contribution is 7.07. The largest absolute Gasteiger partial charge is 0.299 e. The molecule has 1 aromatic carbocycles. The summed E-state index contributed by atoms with van der Waals surface area (Å²) in [7, 11) is 0. The topological polar surface area (TPSA) is 39.1 Å². The molecule has 0 fully saturated rings. The Balaban J connectivity index is 2.36. The monoisotopic (exact) mass is 283 g/mol. The molecule has 1 aromatic heterocycles. The standard InChI is InChI=1S/C16H13NO2S/c1-3-17-15(19)10(2)20-16(17)13-9-8-11-6-4-5-7-12(11)14(13)18/h4-9H,2-3H2,1H3. The molecule has 0 saturated carbocycles. The Morgan fingerprint density at radius 3 is 2.70 bits per heavy atom. The van der Waals surface area contributed by atoms with Crippen LogP contribution in [0.4, 0.5) is 0 Å². The smallest absolute Gasteiger partial charge is 0.268 e. The molecule has 0 bridgehead atoms. The van der Waals surface area contributed by atoms with Gasteiger partial charge in [0.1, 0.15) is 4.66 Å². The van der Waals surface area contributed by atoms with Gasteiger partial charge in [0.15, 0.2) is 5.78 Å². The molecular weight excluding hydrogens is 270 g/mol. The van der Waals surface area contributed by atoms with E-state index in [1.807, 2.05) is 37.3 Å². The van der Waals surface area contributed by atoms with E-state index < -0.39 is 0 Å². The van der Waals surface area contributed by atoms with Crippen molar-refractivity contribution in [3.8, 4) is 0 Å². The van der Waals surface area contributed by atoms with Gasteiger partial charge >= 0.3 is 0 Å². The lowest BCUT2D eigenvalue weighted by molar-refractivity contribution is 0.105. The minimum Gasteiger partial charge on any atom is -0.299 e. The predicted octanol–water partition coefficient (Wildman–Crippen LogP) is 1.40. The lowest BCUT2D eigenvalue weighted by atomic mass is 9.93. The molecule has 0 N–H and O–H groups in total. The SMILES string of the molecule is C=c1sc(=C2C=Cc3ccccc3C2=O)n(CC)c1=O. The van der Waals surface area contributed by atoms with E-state index in [-0.39, 0.29) is 11.3 Å². The molecule has 0 aliphatic heterocycles.